The lowest BCUT2D eigenvalue weighted by atomic mass is 9.93. The Morgan fingerprint density at radius 3 is 2.82 bits per heavy atom. The van der Waals surface area contributed by atoms with E-state index in [0.717, 1.165) is 32.4 Å². The maximum atomic E-state index is 11.9. The fourth-order valence-electron chi connectivity index (χ4n) is 2.51. The summed E-state index contributed by atoms with van der Waals surface area (Å²) in [4.78, 5) is 25.1. The summed E-state index contributed by atoms with van der Waals surface area (Å²) in [6.07, 6.45) is 5.44. The zero-order valence-corrected chi connectivity index (χ0v) is 13.3. The second-order valence-corrected chi connectivity index (χ2v) is 5.97. The van der Waals surface area contributed by atoms with Crippen molar-refractivity contribution in [3.63, 3.8) is 0 Å². The Morgan fingerprint density at radius 2 is 2.14 bits per heavy atom. The van der Waals surface area contributed by atoms with Crippen LogP contribution in [0.5, 0.6) is 0 Å². The number of nitrogens with zero attached hydrogens (tertiary/aromatic N) is 3. The number of nitrogens with one attached hydrogen (secondary N) is 2. The summed E-state index contributed by atoms with van der Waals surface area (Å²) < 4.78 is 1.53. The number of rotatable bonds is 6. The molecule has 1 aromatic rings. The van der Waals surface area contributed by atoms with Crippen LogP contribution in [0, 0.1) is 5.92 Å². The quantitative estimate of drug-likeness (QED) is 0.810. The maximum Gasteiger partial charge on any atom is 0.243 e. The molecule has 2 heterocycles. The molecule has 0 bridgehead atoms. The molecule has 0 atom stereocenters. The first-order valence-electron chi connectivity index (χ1n) is 7.79. The van der Waals surface area contributed by atoms with Gasteiger partial charge in [-0.05, 0) is 38.3 Å². The van der Waals surface area contributed by atoms with Crippen molar-refractivity contribution in [3.8, 4) is 0 Å². The Bertz CT molecular complexity index is 506. The van der Waals surface area contributed by atoms with Crippen LogP contribution in [0.1, 0.15) is 25.7 Å². The lowest BCUT2D eigenvalue weighted by molar-refractivity contribution is -0.129. The fourth-order valence-corrected chi connectivity index (χ4v) is 2.51. The summed E-state index contributed by atoms with van der Waals surface area (Å²) in [6.45, 7) is 2.28. The topological polar surface area (TPSA) is 79.3 Å². The van der Waals surface area contributed by atoms with Gasteiger partial charge in [-0.3, -0.25) is 14.3 Å². The average Bonchev–Trinajstić information content (AvgIpc) is 2.93. The van der Waals surface area contributed by atoms with E-state index >= 15 is 0 Å². The van der Waals surface area contributed by atoms with Gasteiger partial charge in [-0.1, -0.05) is 0 Å². The predicted octanol–water partition coefficient (Wildman–Crippen LogP) is 0.690. The number of hydrogen-bond donors (Lipinski definition) is 2. The van der Waals surface area contributed by atoms with E-state index < -0.39 is 0 Å². The smallest absolute Gasteiger partial charge is 0.243 e. The van der Waals surface area contributed by atoms with Gasteiger partial charge in [0, 0.05) is 32.8 Å². The third kappa shape index (κ3) is 5.14. The molecular formula is C15H25N5O2. The number of hydrogen-bond acceptors (Lipinski definition) is 4. The molecule has 7 heteroatoms. The minimum Gasteiger partial charge on any atom is -0.347 e. The van der Waals surface area contributed by atoms with E-state index in [1.807, 2.05) is 0 Å². The molecular weight excluding hydrogens is 282 g/mol. The van der Waals surface area contributed by atoms with Gasteiger partial charge in [0.05, 0.1) is 0 Å². The third-order valence-corrected chi connectivity index (χ3v) is 3.94. The number of aromatic nitrogens is 2. The highest BCUT2D eigenvalue weighted by Gasteiger charge is 2.15. The first kappa shape index (κ1) is 16.5. The average molecular weight is 307 g/mol. The summed E-state index contributed by atoms with van der Waals surface area (Å²) in [7, 11) is 3.41. The number of carbonyl (C=O) groups excluding carboxylic acids is 2. The number of likely N-dealkylation sites (N-methyl/N-ethyl adjacent to an activating group) is 1. The molecule has 0 saturated carbocycles. The molecule has 2 N–H and O–H groups in total. The van der Waals surface area contributed by atoms with E-state index in [9.17, 15) is 9.59 Å². The maximum absolute atomic E-state index is 11.9. The highest BCUT2D eigenvalue weighted by atomic mass is 16.2. The highest BCUT2D eigenvalue weighted by Crippen LogP contribution is 2.18. The fraction of sp³-hybridized carbons (Fsp3) is 0.667. The van der Waals surface area contributed by atoms with Gasteiger partial charge in [0.25, 0.3) is 0 Å². The largest absolute Gasteiger partial charge is 0.347 e. The monoisotopic (exact) mass is 307 g/mol. The SMILES string of the molecule is CN(C)C(=O)Cn1ccc(NC(=O)CCC2CCNCC2)n1. The van der Waals surface area contributed by atoms with Crippen molar-refractivity contribution in [3.05, 3.63) is 12.3 Å². The van der Waals surface area contributed by atoms with Crippen molar-refractivity contribution < 1.29 is 9.59 Å². The van der Waals surface area contributed by atoms with Crippen molar-refractivity contribution in [2.75, 3.05) is 32.5 Å². The minimum absolute atomic E-state index is 0.0114. The van der Waals surface area contributed by atoms with E-state index in [4.69, 9.17) is 0 Å². The van der Waals surface area contributed by atoms with E-state index in [0.29, 0.717) is 18.2 Å². The zero-order valence-electron chi connectivity index (χ0n) is 13.3. The summed E-state index contributed by atoms with van der Waals surface area (Å²) in [5.74, 6) is 1.10. The van der Waals surface area contributed by atoms with Crippen LogP contribution in [0.25, 0.3) is 0 Å². The van der Waals surface area contributed by atoms with E-state index in [-0.39, 0.29) is 18.4 Å². The van der Waals surface area contributed by atoms with Crippen LogP contribution in [0.3, 0.4) is 0 Å². The molecule has 1 saturated heterocycles. The van der Waals surface area contributed by atoms with Gasteiger partial charge < -0.3 is 15.5 Å². The Labute approximate surface area is 131 Å². The van der Waals surface area contributed by atoms with Gasteiger partial charge in [-0.15, -0.1) is 0 Å². The van der Waals surface area contributed by atoms with Gasteiger partial charge in [-0.2, -0.15) is 5.10 Å². The molecule has 0 spiro atoms. The van der Waals surface area contributed by atoms with E-state index in [1.54, 1.807) is 26.4 Å². The number of anilines is 1. The van der Waals surface area contributed by atoms with Crippen molar-refractivity contribution in [2.45, 2.75) is 32.2 Å². The van der Waals surface area contributed by atoms with Crippen LogP contribution in [0.2, 0.25) is 0 Å². The Balaban J connectivity index is 1.74. The molecule has 22 heavy (non-hydrogen) atoms. The molecule has 1 aliphatic heterocycles. The summed E-state index contributed by atoms with van der Waals surface area (Å²) in [6, 6.07) is 1.71. The van der Waals surface area contributed by atoms with Crippen molar-refractivity contribution in [1.82, 2.24) is 20.0 Å². The van der Waals surface area contributed by atoms with Gasteiger partial charge in [0.1, 0.15) is 6.54 Å². The second-order valence-electron chi connectivity index (χ2n) is 5.97. The third-order valence-electron chi connectivity index (χ3n) is 3.94. The Hall–Kier alpha value is -1.89. The summed E-state index contributed by atoms with van der Waals surface area (Å²) in [5.41, 5.74) is 0. The minimum atomic E-state index is -0.0353. The molecule has 0 aliphatic carbocycles. The number of amides is 2. The lowest BCUT2D eigenvalue weighted by Crippen LogP contribution is -2.28. The molecule has 7 nitrogen and oxygen atoms in total. The van der Waals surface area contributed by atoms with Gasteiger partial charge in [0.2, 0.25) is 11.8 Å². The van der Waals surface area contributed by atoms with E-state index in [1.165, 1.54) is 9.58 Å². The van der Waals surface area contributed by atoms with Crippen LogP contribution < -0.4 is 10.6 Å². The van der Waals surface area contributed by atoms with Crippen molar-refractivity contribution in [2.24, 2.45) is 5.92 Å². The highest BCUT2D eigenvalue weighted by molar-refractivity contribution is 5.89. The second kappa shape index (κ2) is 7.93. The number of piperidine rings is 1. The molecule has 0 unspecified atom stereocenters. The molecule has 2 amide bonds. The van der Waals surface area contributed by atoms with Gasteiger partial charge in [-0.25, -0.2) is 0 Å². The standard InChI is InChI=1S/C15H25N5O2/c1-19(2)15(22)11-20-10-7-13(18-20)17-14(21)4-3-12-5-8-16-9-6-12/h7,10,12,16H,3-6,8-9,11H2,1-2H3,(H,17,18,21). The first-order valence-corrected chi connectivity index (χ1v) is 7.79. The lowest BCUT2D eigenvalue weighted by Gasteiger charge is -2.21. The van der Waals surface area contributed by atoms with Crippen molar-refractivity contribution >= 4 is 17.6 Å². The molecule has 0 aromatic carbocycles. The Morgan fingerprint density at radius 1 is 1.41 bits per heavy atom. The normalized spacial score (nSPS) is 15.5. The van der Waals surface area contributed by atoms with Crippen LogP contribution in [-0.2, 0) is 16.1 Å². The first-order chi connectivity index (χ1) is 10.5. The van der Waals surface area contributed by atoms with Crippen LogP contribution in [0.4, 0.5) is 5.82 Å². The van der Waals surface area contributed by atoms with Gasteiger partial charge in [0.15, 0.2) is 5.82 Å². The van der Waals surface area contributed by atoms with Crippen LogP contribution in [-0.4, -0.2) is 53.7 Å². The molecule has 1 fully saturated rings. The Kier molecular flexibility index (Phi) is 5.94. The molecule has 1 aromatic heterocycles. The predicted molar refractivity (Wildman–Crippen MR) is 84.4 cm³/mol. The van der Waals surface area contributed by atoms with E-state index in [2.05, 4.69) is 15.7 Å². The molecule has 0 radical (unpaired) electrons. The van der Waals surface area contributed by atoms with Crippen LogP contribution in [0.15, 0.2) is 12.3 Å². The van der Waals surface area contributed by atoms with Crippen LogP contribution >= 0.6 is 0 Å². The molecule has 122 valence electrons. The van der Waals surface area contributed by atoms with Gasteiger partial charge >= 0.3 is 0 Å². The van der Waals surface area contributed by atoms with Crippen molar-refractivity contribution in [1.29, 1.82) is 0 Å². The summed E-state index contributed by atoms with van der Waals surface area (Å²) >= 11 is 0. The number of carbonyl (C=O) groups is 2. The molecule has 1 aliphatic rings. The zero-order chi connectivity index (χ0) is 15.9. The summed E-state index contributed by atoms with van der Waals surface area (Å²) in [5, 5.41) is 10.3. The molecule has 2 rings (SSSR count).